The number of rotatable bonds is 7. The molecule has 0 unspecified atom stereocenters. The largest absolute Gasteiger partial charge is 0.489 e. The van der Waals surface area contributed by atoms with Gasteiger partial charge in [-0.2, -0.15) is 5.26 Å². The topological polar surface area (TPSA) is 93.2 Å². The molecule has 0 heterocycles. The van der Waals surface area contributed by atoms with Crippen LogP contribution in [0.4, 0.5) is 5.69 Å². The number of non-ortho nitro benzene ring substituents is 1. The molecule has 0 N–H and O–H groups in total. The molecule has 30 heavy (non-hydrogen) atoms. The maximum absolute atomic E-state index is 12.6. The minimum absolute atomic E-state index is 0.0926. The Hall–Kier alpha value is -4.24. The fourth-order valence-electron chi connectivity index (χ4n) is 2.74. The quantitative estimate of drug-likeness (QED) is 0.178. The molecule has 6 nitrogen and oxygen atoms in total. The summed E-state index contributed by atoms with van der Waals surface area (Å²) in [5.41, 5.74) is 2.67. The number of allylic oxidation sites excluding steroid dienone is 1. The zero-order chi connectivity index (χ0) is 21.5. The van der Waals surface area contributed by atoms with Crippen molar-refractivity contribution < 1.29 is 14.5 Å². The van der Waals surface area contributed by atoms with Gasteiger partial charge < -0.3 is 4.74 Å². The maximum atomic E-state index is 12.6. The highest BCUT2D eigenvalue weighted by molar-refractivity contribution is 6.14. The number of nitriles is 1. The number of hydrogen-bond acceptors (Lipinski definition) is 5. The van der Waals surface area contributed by atoms with Crippen LogP contribution in [-0.4, -0.2) is 10.7 Å². The number of nitrogens with zero attached hydrogens (tertiary/aromatic N) is 2. The number of nitro benzene ring substituents is 1. The molecule has 3 aromatic carbocycles. The van der Waals surface area contributed by atoms with E-state index in [9.17, 15) is 20.2 Å². The van der Waals surface area contributed by atoms with Gasteiger partial charge in [0.05, 0.1) is 4.92 Å². The molecule has 0 saturated carbocycles. The summed E-state index contributed by atoms with van der Waals surface area (Å²) in [6, 6.07) is 22.2. The Bertz CT molecular complexity index is 1140. The Kier molecular flexibility index (Phi) is 6.36. The van der Waals surface area contributed by atoms with E-state index in [2.05, 4.69) is 0 Å². The van der Waals surface area contributed by atoms with Gasteiger partial charge in [-0.15, -0.1) is 0 Å². The van der Waals surface area contributed by atoms with E-state index in [0.717, 1.165) is 11.6 Å². The maximum Gasteiger partial charge on any atom is 0.270 e. The van der Waals surface area contributed by atoms with E-state index in [1.54, 1.807) is 24.3 Å². The monoisotopic (exact) mass is 398 g/mol. The molecule has 0 aromatic heterocycles. The molecule has 0 bridgehead atoms. The zero-order valence-electron chi connectivity index (χ0n) is 16.2. The van der Waals surface area contributed by atoms with E-state index in [1.165, 1.54) is 29.8 Å². The summed E-state index contributed by atoms with van der Waals surface area (Å²) >= 11 is 0. The highest BCUT2D eigenvalue weighted by atomic mass is 16.6. The SMILES string of the molecule is Cc1ccc(COc2ccc(/C=C(\C#N)C(=O)c3cccc([N+](=O)[O-])c3)cc2)cc1. The van der Waals surface area contributed by atoms with Crippen LogP contribution in [0.25, 0.3) is 6.08 Å². The number of ether oxygens (including phenoxy) is 1. The van der Waals surface area contributed by atoms with Crippen molar-refractivity contribution in [1.29, 1.82) is 5.26 Å². The van der Waals surface area contributed by atoms with Crippen LogP contribution in [0.15, 0.2) is 78.4 Å². The molecule has 3 aromatic rings. The Morgan fingerprint density at radius 1 is 1.10 bits per heavy atom. The van der Waals surface area contributed by atoms with Crippen LogP contribution in [0.1, 0.15) is 27.0 Å². The van der Waals surface area contributed by atoms with Crippen molar-refractivity contribution in [2.45, 2.75) is 13.5 Å². The molecule has 0 spiro atoms. The lowest BCUT2D eigenvalue weighted by Crippen LogP contribution is -2.02. The molecule has 0 radical (unpaired) electrons. The summed E-state index contributed by atoms with van der Waals surface area (Å²) in [5, 5.41) is 20.3. The average molecular weight is 398 g/mol. The Morgan fingerprint density at radius 2 is 1.80 bits per heavy atom. The van der Waals surface area contributed by atoms with Crippen LogP contribution in [0.2, 0.25) is 0 Å². The van der Waals surface area contributed by atoms with E-state index < -0.39 is 10.7 Å². The molecule has 0 aliphatic rings. The smallest absolute Gasteiger partial charge is 0.270 e. The number of Topliss-reactive ketones (excluding diaryl/α,β-unsaturated/α-hetero) is 1. The second kappa shape index (κ2) is 9.30. The zero-order valence-corrected chi connectivity index (χ0v) is 16.2. The van der Waals surface area contributed by atoms with E-state index in [4.69, 9.17) is 4.74 Å². The normalized spacial score (nSPS) is 10.9. The molecule has 148 valence electrons. The second-order valence-corrected chi connectivity index (χ2v) is 6.65. The minimum Gasteiger partial charge on any atom is -0.489 e. The molecular weight excluding hydrogens is 380 g/mol. The fraction of sp³-hybridized carbons (Fsp3) is 0.0833. The molecule has 0 aliphatic heterocycles. The van der Waals surface area contributed by atoms with Crippen LogP contribution in [0, 0.1) is 28.4 Å². The molecule has 0 fully saturated rings. The number of benzene rings is 3. The van der Waals surface area contributed by atoms with Crippen molar-refractivity contribution in [3.8, 4) is 11.8 Å². The first-order valence-electron chi connectivity index (χ1n) is 9.15. The van der Waals surface area contributed by atoms with Crippen LogP contribution in [-0.2, 0) is 6.61 Å². The van der Waals surface area contributed by atoms with Crippen molar-refractivity contribution in [2.75, 3.05) is 0 Å². The van der Waals surface area contributed by atoms with E-state index >= 15 is 0 Å². The lowest BCUT2D eigenvalue weighted by Gasteiger charge is -2.07. The Labute approximate surface area is 173 Å². The van der Waals surface area contributed by atoms with Gasteiger partial charge in [0.25, 0.3) is 5.69 Å². The summed E-state index contributed by atoms with van der Waals surface area (Å²) in [7, 11) is 0. The number of ketones is 1. The number of hydrogen-bond donors (Lipinski definition) is 0. The first-order valence-corrected chi connectivity index (χ1v) is 9.15. The van der Waals surface area contributed by atoms with Gasteiger partial charge in [0.15, 0.2) is 0 Å². The van der Waals surface area contributed by atoms with Crippen molar-refractivity contribution in [3.05, 3.63) is 111 Å². The van der Waals surface area contributed by atoms with Gasteiger partial charge in [-0.1, -0.05) is 54.1 Å². The first-order chi connectivity index (χ1) is 14.5. The average Bonchev–Trinajstić information content (AvgIpc) is 2.77. The number of nitro groups is 1. The highest BCUT2D eigenvalue weighted by Crippen LogP contribution is 2.20. The van der Waals surface area contributed by atoms with Gasteiger partial charge in [0, 0.05) is 17.7 Å². The van der Waals surface area contributed by atoms with Crippen LogP contribution in [0.5, 0.6) is 5.75 Å². The van der Waals surface area contributed by atoms with Crippen molar-refractivity contribution in [3.63, 3.8) is 0 Å². The van der Waals surface area contributed by atoms with Gasteiger partial charge in [-0.25, -0.2) is 0 Å². The molecule has 6 heteroatoms. The van der Waals surface area contributed by atoms with Gasteiger partial charge in [0.2, 0.25) is 5.78 Å². The van der Waals surface area contributed by atoms with E-state index in [1.807, 2.05) is 37.3 Å². The third-order valence-electron chi connectivity index (χ3n) is 4.40. The lowest BCUT2D eigenvalue weighted by molar-refractivity contribution is -0.384. The summed E-state index contributed by atoms with van der Waals surface area (Å²) in [6.45, 7) is 2.46. The minimum atomic E-state index is -0.581. The summed E-state index contributed by atoms with van der Waals surface area (Å²) < 4.78 is 5.75. The molecular formula is C24H18N2O4. The standard InChI is InChI=1S/C24H18N2O4/c1-17-5-7-19(8-6-17)16-30-23-11-9-18(10-12-23)13-21(15-25)24(27)20-3-2-4-22(14-20)26(28)29/h2-14H,16H2,1H3/b21-13+. The van der Waals surface area contributed by atoms with Crippen LogP contribution < -0.4 is 4.74 Å². The van der Waals surface area contributed by atoms with Crippen molar-refractivity contribution in [1.82, 2.24) is 0 Å². The highest BCUT2D eigenvalue weighted by Gasteiger charge is 2.15. The predicted molar refractivity (Wildman–Crippen MR) is 113 cm³/mol. The van der Waals surface area contributed by atoms with Crippen molar-refractivity contribution in [2.24, 2.45) is 0 Å². The van der Waals surface area contributed by atoms with Crippen LogP contribution >= 0.6 is 0 Å². The number of aryl methyl sites for hydroxylation is 1. The van der Waals surface area contributed by atoms with E-state index in [0.29, 0.717) is 17.9 Å². The fourth-order valence-corrected chi connectivity index (χ4v) is 2.74. The summed E-state index contributed by atoms with van der Waals surface area (Å²) in [6.07, 6.45) is 1.45. The number of carbonyl (C=O) groups is 1. The molecule has 0 saturated heterocycles. The first kappa shape index (κ1) is 20.5. The molecule has 3 rings (SSSR count). The Morgan fingerprint density at radius 3 is 2.43 bits per heavy atom. The van der Waals surface area contributed by atoms with Gasteiger partial charge in [-0.3, -0.25) is 14.9 Å². The van der Waals surface area contributed by atoms with Gasteiger partial charge >= 0.3 is 0 Å². The van der Waals surface area contributed by atoms with Crippen molar-refractivity contribution >= 4 is 17.5 Å². The summed E-state index contributed by atoms with van der Waals surface area (Å²) in [5.74, 6) is 0.0946. The summed E-state index contributed by atoms with van der Waals surface area (Å²) in [4.78, 5) is 22.9. The number of carbonyl (C=O) groups excluding carboxylic acids is 1. The Balaban J connectivity index is 1.72. The lowest BCUT2D eigenvalue weighted by atomic mass is 10.0. The third kappa shape index (κ3) is 5.18. The van der Waals surface area contributed by atoms with Gasteiger partial charge in [-0.05, 0) is 36.3 Å². The molecule has 0 amide bonds. The molecule has 0 atom stereocenters. The molecule has 0 aliphatic carbocycles. The van der Waals surface area contributed by atoms with Gasteiger partial charge in [0.1, 0.15) is 24.0 Å². The van der Waals surface area contributed by atoms with E-state index in [-0.39, 0.29) is 16.8 Å². The predicted octanol–water partition coefficient (Wildman–Crippen LogP) is 5.27. The second-order valence-electron chi connectivity index (χ2n) is 6.65. The third-order valence-corrected chi connectivity index (χ3v) is 4.40. The van der Waals surface area contributed by atoms with Crippen LogP contribution in [0.3, 0.4) is 0 Å².